The number of ether oxygens (including phenoxy) is 1. The van der Waals surface area contributed by atoms with Crippen molar-refractivity contribution in [2.45, 2.75) is 67.0 Å². The number of rotatable bonds is 5. The molecule has 0 amide bonds. The van der Waals surface area contributed by atoms with Crippen molar-refractivity contribution < 1.29 is 9.26 Å². The summed E-state index contributed by atoms with van der Waals surface area (Å²) in [5, 5.41) is 4.07. The Morgan fingerprint density at radius 1 is 1.15 bits per heavy atom. The molecule has 5 heteroatoms. The minimum atomic E-state index is -0.170. The lowest BCUT2D eigenvalue weighted by atomic mass is 9.85. The first-order valence-corrected chi connectivity index (χ1v) is 7.25. The van der Waals surface area contributed by atoms with Gasteiger partial charge in [0.2, 0.25) is 11.7 Å². The third-order valence-corrected chi connectivity index (χ3v) is 3.35. The third-order valence-electron chi connectivity index (χ3n) is 3.35. The van der Waals surface area contributed by atoms with Crippen molar-refractivity contribution in [2.24, 2.45) is 16.6 Å². The molecule has 1 aromatic heterocycles. The van der Waals surface area contributed by atoms with Crippen molar-refractivity contribution in [1.82, 2.24) is 10.1 Å². The lowest BCUT2D eigenvalue weighted by Gasteiger charge is -2.27. The molecule has 1 rings (SSSR count). The second kappa shape index (κ2) is 6.22. The highest BCUT2D eigenvalue weighted by Crippen LogP contribution is 2.34. The quantitative estimate of drug-likeness (QED) is 0.898. The Balaban J connectivity index is 2.85. The standard InChI is InChI=1S/C15H29N3O2/c1-8-19-12(15(5,6)7)13-17-11(20-18-13)9-10(16)14(2,3)4/h10,12H,8-9,16H2,1-7H3. The zero-order valence-electron chi connectivity index (χ0n) is 13.9. The Morgan fingerprint density at radius 2 is 1.75 bits per heavy atom. The van der Waals surface area contributed by atoms with Gasteiger partial charge in [-0.25, -0.2) is 0 Å². The summed E-state index contributed by atoms with van der Waals surface area (Å²) in [6.07, 6.45) is 0.412. The average Bonchev–Trinajstić information content (AvgIpc) is 2.71. The summed E-state index contributed by atoms with van der Waals surface area (Å²) in [6.45, 7) is 15.2. The minimum Gasteiger partial charge on any atom is -0.370 e. The topological polar surface area (TPSA) is 74.2 Å². The predicted molar refractivity (Wildman–Crippen MR) is 79.3 cm³/mol. The van der Waals surface area contributed by atoms with Gasteiger partial charge in [0, 0.05) is 19.1 Å². The fourth-order valence-corrected chi connectivity index (χ4v) is 1.83. The summed E-state index contributed by atoms with van der Waals surface area (Å²) in [5.74, 6) is 1.19. The first kappa shape index (κ1) is 17.1. The molecule has 0 bridgehead atoms. The lowest BCUT2D eigenvalue weighted by Crippen LogP contribution is -2.37. The molecule has 1 heterocycles. The molecule has 2 N–H and O–H groups in total. The first-order chi connectivity index (χ1) is 9.05. The van der Waals surface area contributed by atoms with E-state index in [0.717, 1.165) is 0 Å². The maximum Gasteiger partial charge on any atom is 0.228 e. The van der Waals surface area contributed by atoms with E-state index in [2.05, 4.69) is 51.7 Å². The molecule has 1 aromatic rings. The van der Waals surface area contributed by atoms with Crippen molar-refractivity contribution >= 4 is 0 Å². The van der Waals surface area contributed by atoms with Gasteiger partial charge in [-0.05, 0) is 17.8 Å². The number of nitrogens with two attached hydrogens (primary N) is 1. The molecule has 2 unspecified atom stereocenters. The number of nitrogens with zero attached hydrogens (tertiary/aromatic N) is 2. The van der Waals surface area contributed by atoms with Gasteiger partial charge in [0.25, 0.3) is 0 Å². The molecule has 0 spiro atoms. The zero-order valence-corrected chi connectivity index (χ0v) is 13.9. The predicted octanol–water partition coefficient (Wildman–Crippen LogP) is 3.11. The van der Waals surface area contributed by atoms with Crippen LogP contribution in [0.15, 0.2) is 4.52 Å². The molecule has 0 saturated carbocycles. The molecule has 20 heavy (non-hydrogen) atoms. The monoisotopic (exact) mass is 283 g/mol. The van der Waals surface area contributed by atoms with Gasteiger partial charge in [0.05, 0.1) is 0 Å². The molecular formula is C15H29N3O2. The van der Waals surface area contributed by atoms with Crippen LogP contribution in [0.2, 0.25) is 0 Å². The fourth-order valence-electron chi connectivity index (χ4n) is 1.83. The molecule has 0 fully saturated rings. The normalized spacial score (nSPS) is 16.2. The Hall–Kier alpha value is -0.940. The van der Waals surface area contributed by atoms with Crippen molar-refractivity contribution in [2.75, 3.05) is 6.61 Å². The van der Waals surface area contributed by atoms with Crippen LogP contribution in [0, 0.1) is 10.8 Å². The smallest absolute Gasteiger partial charge is 0.228 e. The maximum absolute atomic E-state index is 6.15. The number of aromatic nitrogens is 2. The highest BCUT2D eigenvalue weighted by Gasteiger charge is 2.32. The summed E-state index contributed by atoms with van der Waals surface area (Å²) in [7, 11) is 0. The van der Waals surface area contributed by atoms with E-state index < -0.39 is 0 Å². The van der Waals surface area contributed by atoms with Gasteiger partial charge in [-0.15, -0.1) is 0 Å². The largest absolute Gasteiger partial charge is 0.370 e. The Labute approximate surface area is 122 Å². The van der Waals surface area contributed by atoms with E-state index in [0.29, 0.717) is 24.7 Å². The summed E-state index contributed by atoms with van der Waals surface area (Å²) in [4.78, 5) is 4.47. The van der Waals surface area contributed by atoms with Crippen LogP contribution in [0.3, 0.4) is 0 Å². The van der Waals surface area contributed by atoms with Gasteiger partial charge in [-0.3, -0.25) is 0 Å². The second-order valence-corrected chi connectivity index (χ2v) is 7.42. The van der Waals surface area contributed by atoms with E-state index >= 15 is 0 Å². The molecule has 0 saturated heterocycles. The van der Waals surface area contributed by atoms with Crippen LogP contribution in [0.5, 0.6) is 0 Å². The van der Waals surface area contributed by atoms with Crippen molar-refractivity contribution in [3.8, 4) is 0 Å². The molecule has 0 radical (unpaired) electrons. The average molecular weight is 283 g/mol. The summed E-state index contributed by atoms with van der Waals surface area (Å²) >= 11 is 0. The van der Waals surface area contributed by atoms with E-state index in [9.17, 15) is 0 Å². The Kier molecular flexibility index (Phi) is 5.33. The second-order valence-electron chi connectivity index (χ2n) is 7.42. The summed E-state index contributed by atoms with van der Waals surface area (Å²) in [6, 6.07) is -0.0176. The van der Waals surface area contributed by atoms with Crippen molar-refractivity contribution in [3.05, 3.63) is 11.7 Å². The molecular weight excluding hydrogens is 254 g/mol. The molecule has 0 aliphatic carbocycles. The van der Waals surface area contributed by atoms with Gasteiger partial charge < -0.3 is 15.0 Å². The van der Waals surface area contributed by atoms with E-state index in [1.165, 1.54) is 0 Å². The van der Waals surface area contributed by atoms with Crippen LogP contribution in [-0.4, -0.2) is 22.8 Å². The van der Waals surface area contributed by atoms with Crippen LogP contribution in [0.25, 0.3) is 0 Å². The van der Waals surface area contributed by atoms with E-state index in [-0.39, 0.29) is 23.0 Å². The van der Waals surface area contributed by atoms with Gasteiger partial charge in [0.1, 0.15) is 6.10 Å². The van der Waals surface area contributed by atoms with E-state index in [4.69, 9.17) is 15.0 Å². The third kappa shape index (κ3) is 4.56. The highest BCUT2D eigenvalue weighted by molar-refractivity contribution is 4.98. The van der Waals surface area contributed by atoms with Crippen LogP contribution >= 0.6 is 0 Å². The van der Waals surface area contributed by atoms with Crippen molar-refractivity contribution in [3.63, 3.8) is 0 Å². The molecule has 0 aromatic carbocycles. The zero-order chi connectivity index (χ0) is 15.6. The van der Waals surface area contributed by atoms with Gasteiger partial charge in [-0.1, -0.05) is 46.7 Å². The SMILES string of the molecule is CCOC(c1noc(CC(N)C(C)(C)C)n1)C(C)(C)C. The molecule has 0 aliphatic rings. The van der Waals surface area contributed by atoms with Crippen LogP contribution in [-0.2, 0) is 11.2 Å². The molecule has 5 nitrogen and oxygen atoms in total. The van der Waals surface area contributed by atoms with E-state index in [1.54, 1.807) is 0 Å². The van der Waals surface area contributed by atoms with E-state index in [1.807, 2.05) is 6.92 Å². The molecule has 2 atom stereocenters. The van der Waals surface area contributed by atoms with Gasteiger partial charge in [-0.2, -0.15) is 4.98 Å². The molecule has 0 aliphatic heterocycles. The Morgan fingerprint density at radius 3 is 2.20 bits per heavy atom. The van der Waals surface area contributed by atoms with Gasteiger partial charge in [0.15, 0.2) is 0 Å². The first-order valence-electron chi connectivity index (χ1n) is 7.25. The fraction of sp³-hybridized carbons (Fsp3) is 0.867. The maximum atomic E-state index is 6.15. The number of hydrogen-bond acceptors (Lipinski definition) is 5. The highest BCUT2D eigenvalue weighted by atomic mass is 16.5. The summed E-state index contributed by atoms with van der Waals surface area (Å²) < 4.78 is 11.1. The van der Waals surface area contributed by atoms with Crippen LogP contribution < -0.4 is 5.73 Å². The Bertz CT molecular complexity index is 415. The summed E-state index contributed by atoms with van der Waals surface area (Å²) in [5.41, 5.74) is 6.09. The minimum absolute atomic E-state index is 0.0119. The van der Waals surface area contributed by atoms with Crippen molar-refractivity contribution in [1.29, 1.82) is 0 Å². The van der Waals surface area contributed by atoms with Gasteiger partial charge >= 0.3 is 0 Å². The van der Waals surface area contributed by atoms with Crippen LogP contribution in [0.1, 0.15) is 66.3 Å². The number of hydrogen-bond donors (Lipinski definition) is 1. The lowest BCUT2D eigenvalue weighted by molar-refractivity contribution is -0.0203. The van der Waals surface area contributed by atoms with Crippen LogP contribution in [0.4, 0.5) is 0 Å². The molecule has 116 valence electrons.